The Morgan fingerprint density at radius 1 is 0.933 bits per heavy atom. The van der Waals surface area contributed by atoms with Gasteiger partial charge in [-0.3, -0.25) is 0 Å². The van der Waals surface area contributed by atoms with Crippen LogP contribution in [0.15, 0.2) is 66.7 Å². The Hall–Kier alpha value is -2.70. The SMILES string of the molecule is FC(F)(F)c1cccc(NCc2nc3ccccc3n2Cc2ccc(Cl)cc2Cl)c1. The number of imidazole rings is 1. The summed E-state index contributed by atoms with van der Waals surface area (Å²) in [6, 6.07) is 18.0. The summed E-state index contributed by atoms with van der Waals surface area (Å²) in [6.45, 7) is 0.706. The molecule has 8 heteroatoms. The lowest BCUT2D eigenvalue weighted by Gasteiger charge is -2.13. The van der Waals surface area contributed by atoms with Gasteiger partial charge in [-0.25, -0.2) is 4.98 Å². The zero-order chi connectivity index (χ0) is 21.3. The molecule has 154 valence electrons. The average molecular weight is 450 g/mol. The van der Waals surface area contributed by atoms with Gasteiger partial charge in [-0.1, -0.05) is 47.5 Å². The molecule has 4 aromatic rings. The zero-order valence-electron chi connectivity index (χ0n) is 15.5. The molecule has 0 aliphatic rings. The molecule has 0 saturated carbocycles. The first kappa shape index (κ1) is 20.6. The summed E-state index contributed by atoms with van der Waals surface area (Å²) in [5.41, 5.74) is 2.24. The lowest BCUT2D eigenvalue weighted by atomic mass is 10.2. The molecule has 3 nitrogen and oxygen atoms in total. The number of anilines is 1. The monoisotopic (exact) mass is 449 g/mol. The number of aromatic nitrogens is 2. The van der Waals surface area contributed by atoms with Crippen molar-refractivity contribution in [2.75, 3.05) is 5.32 Å². The van der Waals surface area contributed by atoms with Crippen molar-refractivity contribution in [3.05, 3.63) is 93.7 Å². The Bertz CT molecular complexity index is 1200. The second-order valence-electron chi connectivity index (χ2n) is 6.77. The molecular formula is C22H16Cl2F3N3. The summed E-state index contributed by atoms with van der Waals surface area (Å²) < 4.78 is 40.9. The minimum atomic E-state index is -4.39. The average Bonchev–Trinajstić information content (AvgIpc) is 3.05. The second-order valence-corrected chi connectivity index (χ2v) is 7.61. The molecule has 1 aromatic heterocycles. The van der Waals surface area contributed by atoms with Crippen LogP contribution in [0, 0.1) is 0 Å². The van der Waals surface area contributed by atoms with Gasteiger partial charge in [0.15, 0.2) is 0 Å². The third-order valence-corrected chi connectivity index (χ3v) is 5.30. The van der Waals surface area contributed by atoms with Gasteiger partial charge < -0.3 is 9.88 Å². The molecule has 0 aliphatic carbocycles. The van der Waals surface area contributed by atoms with Crippen LogP contribution in [0.3, 0.4) is 0 Å². The van der Waals surface area contributed by atoms with Crippen molar-refractivity contribution in [2.24, 2.45) is 0 Å². The quantitative estimate of drug-likeness (QED) is 0.354. The highest BCUT2D eigenvalue weighted by Gasteiger charge is 2.30. The Kier molecular flexibility index (Phi) is 5.62. The summed E-state index contributed by atoms with van der Waals surface area (Å²) in [7, 11) is 0. The maximum atomic E-state index is 13.0. The molecule has 0 aliphatic heterocycles. The zero-order valence-corrected chi connectivity index (χ0v) is 17.1. The number of nitrogens with one attached hydrogen (secondary N) is 1. The number of halogens is 5. The highest BCUT2D eigenvalue weighted by atomic mass is 35.5. The maximum absolute atomic E-state index is 13.0. The minimum Gasteiger partial charge on any atom is -0.378 e. The molecule has 4 rings (SSSR count). The molecule has 0 atom stereocenters. The van der Waals surface area contributed by atoms with Gasteiger partial charge in [0.25, 0.3) is 0 Å². The molecule has 3 aromatic carbocycles. The summed E-state index contributed by atoms with van der Waals surface area (Å²) in [5.74, 6) is 0.680. The predicted octanol–water partition coefficient (Wildman–Crippen LogP) is 7.02. The fraction of sp³-hybridized carbons (Fsp3) is 0.136. The number of fused-ring (bicyclic) bond motifs is 1. The van der Waals surface area contributed by atoms with Crippen LogP contribution in [0.25, 0.3) is 11.0 Å². The molecule has 0 unspecified atom stereocenters. The number of para-hydroxylation sites is 2. The Balaban J connectivity index is 1.65. The number of benzene rings is 3. The fourth-order valence-corrected chi connectivity index (χ4v) is 3.71. The first-order valence-corrected chi connectivity index (χ1v) is 9.86. The molecule has 0 bridgehead atoms. The largest absolute Gasteiger partial charge is 0.416 e. The van der Waals surface area contributed by atoms with E-state index >= 15 is 0 Å². The van der Waals surface area contributed by atoms with E-state index in [0.29, 0.717) is 28.1 Å². The van der Waals surface area contributed by atoms with Gasteiger partial charge in [-0.15, -0.1) is 0 Å². The number of hydrogen-bond donors (Lipinski definition) is 1. The van der Waals surface area contributed by atoms with Crippen molar-refractivity contribution in [1.29, 1.82) is 0 Å². The lowest BCUT2D eigenvalue weighted by molar-refractivity contribution is -0.137. The standard InChI is InChI=1S/C22H16Cl2F3N3/c23-16-9-8-14(18(24)11-16)13-30-20-7-2-1-6-19(20)29-21(30)12-28-17-5-3-4-15(10-17)22(25,26)27/h1-11,28H,12-13H2. The van der Waals surface area contributed by atoms with Crippen LogP contribution >= 0.6 is 23.2 Å². The van der Waals surface area contributed by atoms with E-state index in [1.54, 1.807) is 18.2 Å². The highest BCUT2D eigenvalue weighted by Crippen LogP contribution is 2.31. The van der Waals surface area contributed by atoms with E-state index in [-0.39, 0.29) is 6.54 Å². The second kappa shape index (κ2) is 8.20. The summed E-state index contributed by atoms with van der Waals surface area (Å²) in [4.78, 5) is 4.65. The normalized spacial score (nSPS) is 11.8. The third kappa shape index (κ3) is 4.40. The molecule has 1 N–H and O–H groups in total. The highest BCUT2D eigenvalue weighted by molar-refractivity contribution is 6.35. The van der Waals surface area contributed by atoms with Gasteiger partial charge in [-0.2, -0.15) is 13.2 Å². The van der Waals surface area contributed by atoms with E-state index in [0.717, 1.165) is 28.7 Å². The van der Waals surface area contributed by atoms with Crippen LogP contribution in [-0.4, -0.2) is 9.55 Å². The van der Waals surface area contributed by atoms with Crippen molar-refractivity contribution >= 4 is 39.9 Å². The van der Waals surface area contributed by atoms with Crippen LogP contribution in [0.5, 0.6) is 0 Å². The van der Waals surface area contributed by atoms with E-state index in [2.05, 4.69) is 10.3 Å². The number of nitrogens with zero attached hydrogens (tertiary/aromatic N) is 2. The first-order valence-electron chi connectivity index (χ1n) is 9.10. The summed E-state index contributed by atoms with van der Waals surface area (Å²) in [6.07, 6.45) is -4.39. The Morgan fingerprint density at radius 2 is 1.73 bits per heavy atom. The predicted molar refractivity (Wildman–Crippen MR) is 114 cm³/mol. The van der Waals surface area contributed by atoms with Crippen LogP contribution in [0.2, 0.25) is 10.0 Å². The lowest BCUT2D eigenvalue weighted by Crippen LogP contribution is -2.11. The van der Waals surface area contributed by atoms with E-state index < -0.39 is 11.7 Å². The van der Waals surface area contributed by atoms with Crippen LogP contribution in [0.4, 0.5) is 18.9 Å². The van der Waals surface area contributed by atoms with Crippen LogP contribution in [-0.2, 0) is 19.3 Å². The Morgan fingerprint density at radius 3 is 2.50 bits per heavy atom. The van der Waals surface area contributed by atoms with Crippen molar-refractivity contribution in [3.8, 4) is 0 Å². The number of alkyl halides is 3. The van der Waals surface area contributed by atoms with E-state index in [1.807, 2.05) is 34.9 Å². The molecule has 0 spiro atoms. The topological polar surface area (TPSA) is 29.9 Å². The van der Waals surface area contributed by atoms with E-state index in [1.165, 1.54) is 6.07 Å². The minimum absolute atomic E-state index is 0.251. The maximum Gasteiger partial charge on any atom is 0.416 e. The van der Waals surface area contributed by atoms with Gasteiger partial charge >= 0.3 is 6.18 Å². The van der Waals surface area contributed by atoms with Gasteiger partial charge in [0.05, 0.1) is 29.7 Å². The van der Waals surface area contributed by atoms with E-state index in [4.69, 9.17) is 23.2 Å². The van der Waals surface area contributed by atoms with Gasteiger partial charge in [0.1, 0.15) is 5.82 Å². The number of rotatable bonds is 5. The summed E-state index contributed by atoms with van der Waals surface area (Å²) >= 11 is 12.3. The molecule has 0 fully saturated rings. The van der Waals surface area contributed by atoms with Crippen LogP contribution < -0.4 is 5.32 Å². The smallest absolute Gasteiger partial charge is 0.378 e. The molecule has 1 heterocycles. The Labute approximate surface area is 181 Å². The molecule has 0 amide bonds. The van der Waals surface area contributed by atoms with E-state index in [9.17, 15) is 13.2 Å². The van der Waals surface area contributed by atoms with Gasteiger partial charge in [-0.05, 0) is 48.0 Å². The van der Waals surface area contributed by atoms with Crippen molar-refractivity contribution < 1.29 is 13.2 Å². The third-order valence-electron chi connectivity index (χ3n) is 4.72. The van der Waals surface area contributed by atoms with Crippen molar-refractivity contribution in [1.82, 2.24) is 9.55 Å². The van der Waals surface area contributed by atoms with Crippen molar-refractivity contribution in [3.63, 3.8) is 0 Å². The van der Waals surface area contributed by atoms with Crippen molar-refractivity contribution in [2.45, 2.75) is 19.3 Å². The molecule has 0 radical (unpaired) electrons. The molecule has 0 saturated heterocycles. The van der Waals surface area contributed by atoms with Crippen LogP contribution in [0.1, 0.15) is 17.0 Å². The van der Waals surface area contributed by atoms with Gasteiger partial charge in [0.2, 0.25) is 0 Å². The molecular weight excluding hydrogens is 434 g/mol. The molecule has 30 heavy (non-hydrogen) atoms. The first-order chi connectivity index (χ1) is 14.3. The number of hydrogen-bond acceptors (Lipinski definition) is 2. The fourth-order valence-electron chi connectivity index (χ4n) is 3.24. The van der Waals surface area contributed by atoms with Gasteiger partial charge in [0, 0.05) is 15.7 Å². The summed E-state index contributed by atoms with van der Waals surface area (Å²) in [5, 5.41) is 4.13.